The van der Waals surface area contributed by atoms with Gasteiger partial charge in [-0.2, -0.15) is 5.10 Å². The fourth-order valence-corrected chi connectivity index (χ4v) is 4.68. The molecule has 3 rings (SSSR count). The van der Waals surface area contributed by atoms with Gasteiger partial charge in [0.25, 0.3) is 10.0 Å². The molecule has 0 aliphatic heterocycles. The number of amides is 1. The van der Waals surface area contributed by atoms with Gasteiger partial charge >= 0.3 is 6.09 Å². The highest BCUT2D eigenvalue weighted by atomic mass is 32.2. The van der Waals surface area contributed by atoms with E-state index in [-0.39, 0.29) is 11.5 Å². The maximum Gasteiger partial charge on any atom is 0.421 e. The van der Waals surface area contributed by atoms with E-state index in [0.29, 0.717) is 22.5 Å². The third kappa shape index (κ3) is 4.95. The smallest absolute Gasteiger partial charge is 0.421 e. The van der Waals surface area contributed by atoms with Gasteiger partial charge < -0.3 is 4.74 Å². The molecule has 0 atom stereocenters. The lowest BCUT2D eigenvalue weighted by molar-refractivity contribution is 0.158. The van der Waals surface area contributed by atoms with E-state index in [0.717, 1.165) is 17.0 Å². The van der Waals surface area contributed by atoms with E-state index in [1.807, 2.05) is 35.9 Å². The highest BCUT2D eigenvalue weighted by Crippen LogP contribution is 2.27. The number of ether oxygens (including phenoxy) is 1. The van der Waals surface area contributed by atoms with Gasteiger partial charge in [0, 0.05) is 5.56 Å². The predicted octanol–water partition coefficient (Wildman–Crippen LogP) is 3.14. The summed E-state index contributed by atoms with van der Waals surface area (Å²) in [5.41, 5.74) is 2.10. The molecule has 0 saturated heterocycles. The molecule has 1 heterocycles. The van der Waals surface area contributed by atoms with Crippen molar-refractivity contribution in [3.8, 4) is 11.1 Å². The highest BCUT2D eigenvalue weighted by Gasteiger charge is 2.22. The van der Waals surface area contributed by atoms with Gasteiger partial charge in [-0.1, -0.05) is 60.7 Å². The molecule has 0 aliphatic carbocycles. The van der Waals surface area contributed by atoms with Crippen molar-refractivity contribution in [1.29, 1.82) is 5.41 Å². The molecule has 1 amide bonds. The first-order valence-corrected chi connectivity index (χ1v) is 11.6. The topological polar surface area (TPSA) is 114 Å². The fourth-order valence-electron chi connectivity index (χ4n) is 2.84. The molecule has 2 aromatic carbocycles. The first-order chi connectivity index (χ1) is 14.3. The number of rotatable bonds is 7. The number of benzene rings is 2. The van der Waals surface area contributed by atoms with Crippen molar-refractivity contribution in [2.75, 3.05) is 6.61 Å². The van der Waals surface area contributed by atoms with Crippen LogP contribution in [0.15, 0.2) is 53.4 Å². The van der Waals surface area contributed by atoms with Gasteiger partial charge in [-0.3, -0.25) is 5.41 Å². The number of aryl methyl sites for hydroxylation is 1. The summed E-state index contributed by atoms with van der Waals surface area (Å²) in [6.07, 6.45) is -0.228. The zero-order valence-electron chi connectivity index (χ0n) is 16.6. The lowest BCUT2D eigenvalue weighted by atomic mass is 10.0. The van der Waals surface area contributed by atoms with Crippen molar-refractivity contribution >= 4 is 27.5 Å². The molecule has 0 fully saturated rings. The van der Waals surface area contributed by atoms with E-state index in [1.165, 1.54) is 17.4 Å². The van der Waals surface area contributed by atoms with Crippen molar-refractivity contribution < 1.29 is 17.9 Å². The largest absolute Gasteiger partial charge is 0.449 e. The third-order valence-corrected chi connectivity index (χ3v) is 6.63. The van der Waals surface area contributed by atoms with E-state index < -0.39 is 16.1 Å². The first-order valence-electron chi connectivity index (χ1n) is 9.33. The zero-order valence-corrected chi connectivity index (χ0v) is 18.2. The quantitative estimate of drug-likeness (QED) is 0.579. The van der Waals surface area contributed by atoms with Crippen molar-refractivity contribution in [1.82, 2.24) is 14.5 Å². The SMILES string of the molecule is CCOC(=O)NS(=O)(=O)c1ccccc1-c1ccc(Cn2nc(CC)sc2=N)cc1. The summed E-state index contributed by atoms with van der Waals surface area (Å²) in [5, 5.41) is 13.3. The van der Waals surface area contributed by atoms with Gasteiger partial charge in [0.05, 0.1) is 18.0 Å². The van der Waals surface area contributed by atoms with Crippen LogP contribution in [0.3, 0.4) is 0 Å². The van der Waals surface area contributed by atoms with Gasteiger partial charge in [0.1, 0.15) is 5.01 Å². The molecule has 0 saturated carbocycles. The Labute approximate surface area is 178 Å². The Hall–Kier alpha value is -2.98. The summed E-state index contributed by atoms with van der Waals surface area (Å²) < 4.78 is 33.5. The molecule has 8 nitrogen and oxygen atoms in total. The summed E-state index contributed by atoms with van der Waals surface area (Å²) in [5.74, 6) is 0. The standard InChI is InChI=1S/C20H22N4O4S2/c1-3-18-22-24(19(21)29-18)13-14-9-11-15(12-10-14)16-7-5-6-8-17(16)30(26,27)23-20(25)28-4-2/h5-12,21H,3-4,13H2,1-2H3,(H,23,25). The lowest BCUT2D eigenvalue weighted by Crippen LogP contribution is -2.31. The van der Waals surface area contributed by atoms with E-state index in [9.17, 15) is 13.2 Å². The number of aromatic nitrogens is 2. The Bertz CT molecular complexity index is 1200. The van der Waals surface area contributed by atoms with Crippen LogP contribution in [0.5, 0.6) is 0 Å². The molecule has 0 radical (unpaired) electrons. The minimum absolute atomic E-state index is 0.0132. The van der Waals surface area contributed by atoms with Crippen LogP contribution >= 0.6 is 11.3 Å². The number of sulfonamides is 1. The second-order valence-corrected chi connectivity index (χ2v) is 9.04. The molecule has 0 spiro atoms. The van der Waals surface area contributed by atoms with Crippen LogP contribution in [0.2, 0.25) is 0 Å². The number of nitrogens with zero attached hydrogens (tertiary/aromatic N) is 2. The molecule has 0 unspecified atom stereocenters. The summed E-state index contributed by atoms with van der Waals surface area (Å²) in [6, 6.07) is 13.8. The van der Waals surface area contributed by atoms with Crippen molar-refractivity contribution in [2.45, 2.75) is 31.7 Å². The molecule has 3 aromatic rings. The number of hydrogen-bond acceptors (Lipinski definition) is 7. The van der Waals surface area contributed by atoms with E-state index in [4.69, 9.17) is 5.41 Å². The Morgan fingerprint density at radius 1 is 1.17 bits per heavy atom. The van der Waals surface area contributed by atoms with Crippen LogP contribution in [0.4, 0.5) is 4.79 Å². The second-order valence-electron chi connectivity index (χ2n) is 6.33. The number of carbonyl (C=O) groups is 1. The fraction of sp³-hybridized carbons (Fsp3) is 0.250. The van der Waals surface area contributed by atoms with Crippen LogP contribution < -0.4 is 9.52 Å². The minimum Gasteiger partial charge on any atom is -0.449 e. The van der Waals surface area contributed by atoms with Crippen LogP contribution in [0, 0.1) is 5.41 Å². The number of carbonyl (C=O) groups excluding carboxylic acids is 1. The maximum absolute atomic E-state index is 12.6. The molecule has 1 aromatic heterocycles. The van der Waals surface area contributed by atoms with Gasteiger partial charge in [0.15, 0.2) is 0 Å². The van der Waals surface area contributed by atoms with E-state index in [2.05, 4.69) is 9.84 Å². The van der Waals surface area contributed by atoms with Crippen molar-refractivity contribution in [2.24, 2.45) is 0 Å². The summed E-state index contributed by atoms with van der Waals surface area (Å²) in [4.78, 5) is 12.0. The van der Waals surface area contributed by atoms with Gasteiger partial charge in [-0.15, -0.1) is 0 Å². The summed E-state index contributed by atoms with van der Waals surface area (Å²) in [7, 11) is -4.09. The van der Waals surface area contributed by atoms with Crippen LogP contribution in [-0.2, 0) is 27.7 Å². The Morgan fingerprint density at radius 2 is 1.87 bits per heavy atom. The van der Waals surface area contributed by atoms with E-state index >= 15 is 0 Å². The van der Waals surface area contributed by atoms with Crippen LogP contribution in [-0.4, -0.2) is 30.9 Å². The average molecular weight is 447 g/mol. The maximum atomic E-state index is 12.6. The molecular formula is C20H22N4O4S2. The summed E-state index contributed by atoms with van der Waals surface area (Å²) >= 11 is 1.35. The third-order valence-electron chi connectivity index (χ3n) is 4.25. The Balaban J connectivity index is 1.87. The number of hydrogen-bond donors (Lipinski definition) is 2. The zero-order chi connectivity index (χ0) is 21.7. The van der Waals surface area contributed by atoms with Gasteiger partial charge in [-0.05, 0) is 30.5 Å². The lowest BCUT2D eigenvalue weighted by Gasteiger charge is -2.12. The molecule has 10 heteroatoms. The highest BCUT2D eigenvalue weighted by molar-refractivity contribution is 7.90. The molecular weight excluding hydrogens is 424 g/mol. The predicted molar refractivity (Wildman–Crippen MR) is 114 cm³/mol. The van der Waals surface area contributed by atoms with Gasteiger partial charge in [0.2, 0.25) is 4.80 Å². The van der Waals surface area contributed by atoms with Crippen LogP contribution in [0.1, 0.15) is 24.4 Å². The molecule has 30 heavy (non-hydrogen) atoms. The Morgan fingerprint density at radius 3 is 2.50 bits per heavy atom. The molecule has 2 N–H and O–H groups in total. The van der Waals surface area contributed by atoms with Crippen LogP contribution in [0.25, 0.3) is 11.1 Å². The monoisotopic (exact) mass is 446 g/mol. The average Bonchev–Trinajstić information content (AvgIpc) is 3.08. The first kappa shape index (κ1) is 21.7. The Kier molecular flexibility index (Phi) is 6.68. The van der Waals surface area contributed by atoms with Crippen molar-refractivity contribution in [3.05, 3.63) is 63.9 Å². The van der Waals surface area contributed by atoms with Gasteiger partial charge in [-0.25, -0.2) is 22.6 Å². The molecule has 0 bridgehead atoms. The minimum atomic E-state index is -4.09. The summed E-state index contributed by atoms with van der Waals surface area (Å²) in [6.45, 7) is 4.12. The molecule has 158 valence electrons. The number of nitrogens with one attached hydrogen (secondary N) is 2. The second kappa shape index (κ2) is 9.23. The molecule has 0 aliphatic rings. The normalized spacial score (nSPS) is 11.3. The van der Waals surface area contributed by atoms with Crippen molar-refractivity contribution in [3.63, 3.8) is 0 Å². The van der Waals surface area contributed by atoms with E-state index in [1.54, 1.807) is 29.8 Å².